The van der Waals surface area contributed by atoms with Crippen LogP contribution in [0.1, 0.15) is 44.5 Å². The Morgan fingerprint density at radius 3 is 2.21 bits per heavy atom. The van der Waals surface area contributed by atoms with E-state index in [-0.39, 0.29) is 18.8 Å². The van der Waals surface area contributed by atoms with Gasteiger partial charge < -0.3 is 19.9 Å². The average Bonchev–Trinajstić information content (AvgIpc) is 2.44. The van der Waals surface area contributed by atoms with E-state index in [1.807, 2.05) is 0 Å². The highest BCUT2D eigenvalue weighted by molar-refractivity contribution is 5.94. The van der Waals surface area contributed by atoms with Gasteiger partial charge in [-0.2, -0.15) is 0 Å². The molecule has 0 bridgehead atoms. The molecule has 2 N–H and O–H groups in total. The number of rotatable bonds is 7. The number of amides is 1. The number of alkyl carbamates (subject to hydrolysis) is 1. The van der Waals surface area contributed by atoms with Crippen molar-refractivity contribution in [2.45, 2.75) is 45.8 Å². The number of carbonyl (C=O) groups is 3. The van der Waals surface area contributed by atoms with Crippen molar-refractivity contribution in [1.82, 2.24) is 5.32 Å². The Hall–Kier alpha value is -2.57. The molecule has 0 fully saturated rings. The molecule has 0 aliphatic heterocycles. The molecule has 0 spiro atoms. The van der Waals surface area contributed by atoms with Gasteiger partial charge in [0.25, 0.3) is 0 Å². The van der Waals surface area contributed by atoms with Crippen molar-refractivity contribution < 1.29 is 29.0 Å². The zero-order valence-corrected chi connectivity index (χ0v) is 14.3. The van der Waals surface area contributed by atoms with Crippen molar-refractivity contribution in [3.63, 3.8) is 0 Å². The highest BCUT2D eigenvalue weighted by Gasteiger charge is 2.23. The van der Waals surface area contributed by atoms with E-state index >= 15 is 0 Å². The third-order valence-electron chi connectivity index (χ3n) is 2.93. The summed E-state index contributed by atoms with van der Waals surface area (Å²) in [6.45, 7) is 6.63. The SMILES string of the molecule is CC(=O)c1ccc(OCC[C@H](NC(=O)OC(C)(C)C)C(=O)O)cc1. The third kappa shape index (κ3) is 7.13. The van der Waals surface area contributed by atoms with Gasteiger partial charge in [0.1, 0.15) is 17.4 Å². The molecule has 0 heterocycles. The summed E-state index contributed by atoms with van der Waals surface area (Å²) in [5.41, 5.74) is -0.139. The van der Waals surface area contributed by atoms with Gasteiger partial charge in [-0.05, 0) is 52.0 Å². The van der Waals surface area contributed by atoms with Crippen LogP contribution in [0.3, 0.4) is 0 Å². The number of nitrogens with one attached hydrogen (secondary N) is 1. The number of carboxylic acid groups (broad SMARTS) is 1. The maximum absolute atomic E-state index is 11.6. The number of carbonyl (C=O) groups excluding carboxylic acids is 2. The molecule has 132 valence electrons. The molecule has 0 saturated heterocycles. The number of ether oxygens (including phenoxy) is 2. The Labute approximate surface area is 141 Å². The van der Waals surface area contributed by atoms with Crippen LogP contribution < -0.4 is 10.1 Å². The minimum atomic E-state index is -1.17. The van der Waals surface area contributed by atoms with Crippen LogP contribution in [-0.4, -0.2) is 41.2 Å². The Balaban J connectivity index is 2.50. The molecular formula is C17H23NO6. The van der Waals surface area contributed by atoms with Gasteiger partial charge in [0.2, 0.25) is 0 Å². The van der Waals surface area contributed by atoms with E-state index in [0.717, 1.165) is 0 Å². The highest BCUT2D eigenvalue weighted by Crippen LogP contribution is 2.13. The van der Waals surface area contributed by atoms with Crippen molar-refractivity contribution in [3.05, 3.63) is 29.8 Å². The number of hydrogen-bond donors (Lipinski definition) is 2. The third-order valence-corrected chi connectivity index (χ3v) is 2.93. The molecule has 0 radical (unpaired) electrons. The summed E-state index contributed by atoms with van der Waals surface area (Å²) in [5, 5.41) is 11.4. The summed E-state index contributed by atoms with van der Waals surface area (Å²) in [5.74, 6) is -0.702. The second kappa shape index (κ2) is 8.33. The van der Waals surface area contributed by atoms with Gasteiger partial charge in [0.15, 0.2) is 5.78 Å². The molecule has 0 saturated carbocycles. The van der Waals surface area contributed by atoms with Crippen LogP contribution in [-0.2, 0) is 9.53 Å². The van der Waals surface area contributed by atoms with Gasteiger partial charge in [-0.3, -0.25) is 4.79 Å². The molecule has 0 unspecified atom stereocenters. The minimum Gasteiger partial charge on any atom is -0.494 e. The zero-order valence-electron chi connectivity index (χ0n) is 14.3. The second-order valence-corrected chi connectivity index (χ2v) is 6.25. The minimum absolute atomic E-state index is 0.0472. The molecule has 0 aromatic heterocycles. The van der Waals surface area contributed by atoms with Crippen LogP contribution in [0.5, 0.6) is 5.75 Å². The van der Waals surface area contributed by atoms with Crippen molar-refractivity contribution in [1.29, 1.82) is 0 Å². The van der Waals surface area contributed by atoms with Crippen LogP contribution >= 0.6 is 0 Å². The predicted octanol–water partition coefficient (Wildman–Crippen LogP) is 2.64. The van der Waals surface area contributed by atoms with Crippen LogP contribution in [0.15, 0.2) is 24.3 Å². The topological polar surface area (TPSA) is 102 Å². The molecule has 7 heteroatoms. The van der Waals surface area contributed by atoms with Gasteiger partial charge >= 0.3 is 12.1 Å². The van der Waals surface area contributed by atoms with Crippen molar-refractivity contribution >= 4 is 17.8 Å². The molecule has 1 aromatic rings. The summed E-state index contributed by atoms with van der Waals surface area (Å²) >= 11 is 0. The summed E-state index contributed by atoms with van der Waals surface area (Å²) < 4.78 is 10.5. The number of Topliss-reactive ketones (excluding diaryl/α,β-unsaturated/α-hetero) is 1. The van der Waals surface area contributed by atoms with E-state index in [1.54, 1.807) is 45.0 Å². The number of carboxylic acids is 1. The fraction of sp³-hybridized carbons (Fsp3) is 0.471. The monoisotopic (exact) mass is 337 g/mol. The Bertz CT molecular complexity index is 588. The lowest BCUT2D eigenvalue weighted by Crippen LogP contribution is -2.44. The van der Waals surface area contributed by atoms with Crippen molar-refractivity contribution in [3.8, 4) is 5.75 Å². The number of hydrogen-bond acceptors (Lipinski definition) is 5. The predicted molar refractivity (Wildman–Crippen MR) is 87.4 cm³/mol. The summed E-state index contributed by atoms with van der Waals surface area (Å²) in [6.07, 6.45) is -0.719. The van der Waals surface area contributed by atoms with E-state index in [0.29, 0.717) is 11.3 Å². The van der Waals surface area contributed by atoms with Crippen LogP contribution in [0.2, 0.25) is 0 Å². The van der Waals surface area contributed by atoms with Gasteiger partial charge in [-0.25, -0.2) is 9.59 Å². The first kappa shape index (κ1) is 19.5. The second-order valence-electron chi connectivity index (χ2n) is 6.25. The number of ketones is 1. The van der Waals surface area contributed by atoms with E-state index < -0.39 is 23.7 Å². The summed E-state index contributed by atoms with van der Waals surface area (Å²) in [4.78, 5) is 34.0. The maximum Gasteiger partial charge on any atom is 0.408 e. The van der Waals surface area contributed by atoms with E-state index in [4.69, 9.17) is 14.6 Å². The maximum atomic E-state index is 11.6. The normalized spacial score (nSPS) is 12.2. The zero-order chi connectivity index (χ0) is 18.3. The van der Waals surface area contributed by atoms with Crippen LogP contribution in [0.25, 0.3) is 0 Å². The smallest absolute Gasteiger partial charge is 0.408 e. The largest absolute Gasteiger partial charge is 0.494 e. The Morgan fingerprint density at radius 1 is 1.17 bits per heavy atom. The van der Waals surface area contributed by atoms with E-state index in [9.17, 15) is 14.4 Å². The lowest BCUT2D eigenvalue weighted by molar-refractivity contribution is -0.139. The number of aliphatic carboxylic acids is 1. The molecule has 7 nitrogen and oxygen atoms in total. The van der Waals surface area contributed by atoms with Gasteiger partial charge in [0, 0.05) is 12.0 Å². The summed E-state index contributed by atoms with van der Waals surface area (Å²) in [7, 11) is 0. The van der Waals surface area contributed by atoms with Gasteiger partial charge in [-0.15, -0.1) is 0 Å². The molecule has 1 atom stereocenters. The summed E-state index contributed by atoms with van der Waals surface area (Å²) in [6, 6.07) is 5.41. The molecule has 0 aliphatic carbocycles. The van der Waals surface area contributed by atoms with Crippen LogP contribution in [0.4, 0.5) is 4.79 Å². The number of benzene rings is 1. The van der Waals surface area contributed by atoms with Gasteiger partial charge in [0.05, 0.1) is 6.61 Å². The molecular weight excluding hydrogens is 314 g/mol. The Kier molecular flexibility index (Phi) is 6.76. The van der Waals surface area contributed by atoms with Crippen molar-refractivity contribution in [2.75, 3.05) is 6.61 Å². The van der Waals surface area contributed by atoms with E-state index in [2.05, 4.69) is 5.32 Å². The van der Waals surface area contributed by atoms with E-state index in [1.165, 1.54) is 6.92 Å². The fourth-order valence-electron chi connectivity index (χ4n) is 1.79. The fourth-order valence-corrected chi connectivity index (χ4v) is 1.79. The molecule has 1 rings (SSSR count). The van der Waals surface area contributed by atoms with Gasteiger partial charge in [-0.1, -0.05) is 0 Å². The molecule has 0 aliphatic rings. The quantitative estimate of drug-likeness (QED) is 0.742. The molecule has 24 heavy (non-hydrogen) atoms. The first-order valence-corrected chi connectivity index (χ1v) is 7.54. The van der Waals surface area contributed by atoms with Crippen LogP contribution in [0, 0.1) is 0 Å². The lowest BCUT2D eigenvalue weighted by Gasteiger charge is -2.22. The average molecular weight is 337 g/mol. The highest BCUT2D eigenvalue weighted by atomic mass is 16.6. The molecule has 1 amide bonds. The molecule has 1 aromatic carbocycles. The first-order valence-electron chi connectivity index (χ1n) is 7.54. The Morgan fingerprint density at radius 2 is 1.75 bits per heavy atom. The standard InChI is InChI=1S/C17H23NO6/c1-11(19)12-5-7-13(8-6-12)23-10-9-14(15(20)21)18-16(22)24-17(2,3)4/h5-8,14H,9-10H2,1-4H3,(H,18,22)(H,20,21)/t14-/m0/s1. The van der Waals surface area contributed by atoms with Crippen molar-refractivity contribution in [2.24, 2.45) is 0 Å². The first-order chi connectivity index (χ1) is 11.1. The lowest BCUT2D eigenvalue weighted by atomic mass is 10.1.